The van der Waals surface area contributed by atoms with Crippen molar-refractivity contribution in [2.75, 3.05) is 5.32 Å². The van der Waals surface area contributed by atoms with Gasteiger partial charge < -0.3 is 10.4 Å². The number of anilines is 2. The first kappa shape index (κ1) is 17.7. The fourth-order valence-corrected chi connectivity index (χ4v) is 2.66. The quantitative estimate of drug-likeness (QED) is 0.512. The third kappa shape index (κ3) is 3.71. The lowest BCUT2D eigenvalue weighted by atomic mass is 10.1. The molecule has 2 heterocycles. The number of hydrogen-bond acceptors (Lipinski definition) is 5. The highest BCUT2D eigenvalue weighted by atomic mass is 19.4. The van der Waals surface area contributed by atoms with Crippen LogP contribution in [0.15, 0.2) is 66.9 Å². The van der Waals surface area contributed by atoms with E-state index in [2.05, 4.69) is 20.3 Å². The number of nitrogens with zero attached hydrogens (tertiary/aromatic N) is 3. The molecule has 0 aliphatic rings. The molecule has 28 heavy (non-hydrogen) atoms. The van der Waals surface area contributed by atoms with E-state index in [4.69, 9.17) is 0 Å². The zero-order chi connectivity index (χ0) is 19.7. The smallest absolute Gasteiger partial charge is 0.416 e. The van der Waals surface area contributed by atoms with Crippen molar-refractivity contribution in [1.29, 1.82) is 0 Å². The molecule has 0 spiro atoms. The van der Waals surface area contributed by atoms with Crippen LogP contribution in [0.2, 0.25) is 0 Å². The summed E-state index contributed by atoms with van der Waals surface area (Å²) in [5, 5.41) is 12.3. The zero-order valence-corrected chi connectivity index (χ0v) is 14.3. The summed E-state index contributed by atoms with van der Waals surface area (Å²) in [6, 6.07) is 14.7. The van der Waals surface area contributed by atoms with Crippen molar-refractivity contribution in [3.63, 3.8) is 0 Å². The fourth-order valence-electron chi connectivity index (χ4n) is 2.66. The molecule has 0 unspecified atom stereocenters. The molecule has 0 aliphatic heterocycles. The first-order chi connectivity index (χ1) is 13.4. The topological polar surface area (TPSA) is 70.9 Å². The third-order valence-electron chi connectivity index (χ3n) is 4.03. The van der Waals surface area contributed by atoms with Crippen LogP contribution in [0.25, 0.3) is 22.4 Å². The van der Waals surface area contributed by atoms with Crippen LogP contribution in [0.1, 0.15) is 5.56 Å². The van der Waals surface area contributed by atoms with Crippen molar-refractivity contribution < 1.29 is 18.3 Å². The molecule has 2 aromatic carbocycles. The van der Waals surface area contributed by atoms with Crippen LogP contribution in [-0.2, 0) is 6.18 Å². The van der Waals surface area contributed by atoms with E-state index in [0.29, 0.717) is 22.7 Å². The summed E-state index contributed by atoms with van der Waals surface area (Å²) in [6.45, 7) is 0. The molecule has 0 atom stereocenters. The maximum Gasteiger partial charge on any atom is 0.416 e. The van der Waals surface area contributed by atoms with E-state index in [0.717, 1.165) is 17.7 Å². The Balaban J connectivity index is 1.66. The summed E-state index contributed by atoms with van der Waals surface area (Å²) in [5.74, 6) is 0.493. The van der Waals surface area contributed by atoms with Gasteiger partial charge in [-0.25, -0.2) is 9.97 Å². The van der Waals surface area contributed by atoms with Gasteiger partial charge in [-0.2, -0.15) is 13.2 Å². The fraction of sp³-hybridized carbons (Fsp3) is 0.0500. The molecule has 8 heteroatoms. The lowest BCUT2D eigenvalue weighted by molar-refractivity contribution is -0.137. The van der Waals surface area contributed by atoms with Crippen LogP contribution in [0.3, 0.4) is 0 Å². The lowest BCUT2D eigenvalue weighted by Crippen LogP contribution is -2.05. The highest BCUT2D eigenvalue weighted by Crippen LogP contribution is 2.31. The Morgan fingerprint density at radius 3 is 2.43 bits per heavy atom. The average Bonchev–Trinajstić information content (AvgIpc) is 2.67. The number of phenolic OH excluding ortho intramolecular Hbond substituents is 1. The lowest BCUT2D eigenvalue weighted by Gasteiger charge is -2.10. The number of benzene rings is 2. The van der Waals surface area contributed by atoms with Gasteiger partial charge in [0.1, 0.15) is 17.1 Å². The van der Waals surface area contributed by atoms with Gasteiger partial charge in [-0.05, 0) is 54.6 Å². The molecule has 4 aromatic rings. The Kier molecular flexibility index (Phi) is 4.31. The van der Waals surface area contributed by atoms with Crippen LogP contribution in [0.5, 0.6) is 5.75 Å². The van der Waals surface area contributed by atoms with Gasteiger partial charge in [0, 0.05) is 11.3 Å². The van der Waals surface area contributed by atoms with Crippen LogP contribution in [-0.4, -0.2) is 20.1 Å². The van der Waals surface area contributed by atoms with Crippen molar-refractivity contribution in [3.8, 4) is 17.0 Å². The molecule has 0 bridgehead atoms. The summed E-state index contributed by atoms with van der Waals surface area (Å²) in [5.41, 5.74) is 1.75. The molecule has 2 N–H and O–H groups in total. The molecule has 0 saturated carbocycles. The number of alkyl halides is 3. The van der Waals surface area contributed by atoms with Gasteiger partial charge >= 0.3 is 6.18 Å². The number of halogens is 3. The second kappa shape index (κ2) is 6.80. The monoisotopic (exact) mass is 382 g/mol. The normalized spacial score (nSPS) is 11.5. The SMILES string of the molecule is Oc1ccc(-c2cnc3ccc(Nc4cccc(C(F)(F)F)c4)nc3n2)cc1. The van der Waals surface area contributed by atoms with Crippen LogP contribution in [0.4, 0.5) is 24.7 Å². The molecule has 0 radical (unpaired) electrons. The Hall–Kier alpha value is -3.68. The van der Waals surface area contributed by atoms with Crippen molar-refractivity contribution in [2.24, 2.45) is 0 Å². The van der Waals surface area contributed by atoms with E-state index in [1.165, 1.54) is 12.1 Å². The van der Waals surface area contributed by atoms with E-state index in [1.54, 1.807) is 42.6 Å². The van der Waals surface area contributed by atoms with Gasteiger partial charge in [0.15, 0.2) is 5.65 Å². The summed E-state index contributed by atoms with van der Waals surface area (Å²) < 4.78 is 38.6. The molecule has 0 aliphatic carbocycles. The average molecular weight is 382 g/mol. The minimum Gasteiger partial charge on any atom is -0.508 e. The van der Waals surface area contributed by atoms with Gasteiger partial charge in [0.05, 0.1) is 17.5 Å². The molecule has 0 amide bonds. The number of fused-ring (bicyclic) bond motifs is 1. The minimum absolute atomic E-state index is 0.142. The molecule has 0 fully saturated rings. The van der Waals surface area contributed by atoms with E-state index in [9.17, 15) is 18.3 Å². The highest BCUT2D eigenvalue weighted by Gasteiger charge is 2.30. The van der Waals surface area contributed by atoms with Crippen molar-refractivity contribution in [1.82, 2.24) is 15.0 Å². The van der Waals surface area contributed by atoms with Crippen LogP contribution in [0, 0.1) is 0 Å². The number of aromatic nitrogens is 3. The number of phenols is 1. The second-order valence-electron chi connectivity index (χ2n) is 6.04. The maximum absolute atomic E-state index is 12.9. The third-order valence-corrected chi connectivity index (χ3v) is 4.03. The molecule has 2 aromatic heterocycles. The molecular weight excluding hydrogens is 369 g/mol. The van der Waals surface area contributed by atoms with E-state index < -0.39 is 11.7 Å². The van der Waals surface area contributed by atoms with Gasteiger partial charge in [0.2, 0.25) is 0 Å². The first-order valence-electron chi connectivity index (χ1n) is 8.26. The van der Waals surface area contributed by atoms with Crippen molar-refractivity contribution in [3.05, 3.63) is 72.4 Å². The van der Waals surface area contributed by atoms with Crippen molar-refractivity contribution >= 4 is 22.7 Å². The standard InChI is InChI=1S/C20H13F3N4O/c21-20(22,23)13-2-1-3-14(10-13)25-18-9-8-16-19(27-18)26-17(11-24-16)12-4-6-15(28)7-5-12/h1-11,28H,(H,25,26,27). The summed E-state index contributed by atoms with van der Waals surface area (Å²) in [7, 11) is 0. The number of aromatic hydroxyl groups is 1. The van der Waals surface area contributed by atoms with Crippen molar-refractivity contribution in [2.45, 2.75) is 6.18 Å². The number of hydrogen-bond donors (Lipinski definition) is 2. The Morgan fingerprint density at radius 1 is 0.893 bits per heavy atom. The molecule has 140 valence electrons. The Bertz CT molecular complexity index is 1140. The predicted molar refractivity (Wildman–Crippen MR) is 99.2 cm³/mol. The van der Waals surface area contributed by atoms with E-state index in [-0.39, 0.29) is 11.4 Å². The molecule has 4 rings (SSSR count). The molecule has 5 nitrogen and oxygen atoms in total. The predicted octanol–water partition coefficient (Wildman–Crippen LogP) is 5.16. The van der Waals surface area contributed by atoms with Crippen LogP contribution < -0.4 is 5.32 Å². The maximum atomic E-state index is 12.9. The van der Waals surface area contributed by atoms with Gasteiger partial charge in [0.25, 0.3) is 0 Å². The van der Waals surface area contributed by atoms with Gasteiger partial charge in [-0.1, -0.05) is 6.07 Å². The van der Waals surface area contributed by atoms with E-state index >= 15 is 0 Å². The number of nitrogens with one attached hydrogen (secondary N) is 1. The van der Waals surface area contributed by atoms with Gasteiger partial charge in [-0.3, -0.25) is 4.98 Å². The number of rotatable bonds is 3. The summed E-state index contributed by atoms with van der Waals surface area (Å²) >= 11 is 0. The highest BCUT2D eigenvalue weighted by molar-refractivity contribution is 5.76. The Morgan fingerprint density at radius 2 is 1.68 bits per heavy atom. The number of pyridine rings is 1. The van der Waals surface area contributed by atoms with Gasteiger partial charge in [-0.15, -0.1) is 0 Å². The zero-order valence-electron chi connectivity index (χ0n) is 14.3. The largest absolute Gasteiger partial charge is 0.508 e. The molecule has 0 saturated heterocycles. The second-order valence-corrected chi connectivity index (χ2v) is 6.04. The summed E-state index contributed by atoms with van der Waals surface area (Å²) in [4.78, 5) is 13.1. The van der Waals surface area contributed by atoms with Crippen LogP contribution >= 0.6 is 0 Å². The van der Waals surface area contributed by atoms with E-state index in [1.807, 2.05) is 0 Å². The molecular formula is C20H13F3N4O. The Labute approximate surface area is 157 Å². The minimum atomic E-state index is -4.42. The first-order valence-corrected chi connectivity index (χ1v) is 8.26. The summed E-state index contributed by atoms with van der Waals surface area (Å²) in [6.07, 6.45) is -2.82.